The number of rotatable bonds is 6. The van der Waals surface area contributed by atoms with Crippen LogP contribution in [-0.2, 0) is 25.9 Å². The van der Waals surface area contributed by atoms with E-state index < -0.39 is 0 Å². The number of benzene rings is 2. The minimum atomic E-state index is -0.0413. The van der Waals surface area contributed by atoms with Gasteiger partial charge in [0, 0.05) is 48.0 Å². The molecule has 0 N–H and O–H groups in total. The van der Waals surface area contributed by atoms with Crippen LogP contribution in [0.3, 0.4) is 0 Å². The third kappa shape index (κ3) is 4.77. The van der Waals surface area contributed by atoms with Gasteiger partial charge in [0.05, 0.1) is 10.6 Å². The van der Waals surface area contributed by atoms with Gasteiger partial charge in [0.25, 0.3) is 5.91 Å². The smallest absolute Gasteiger partial charge is 0.256 e. The molecule has 2 aromatic carbocycles. The molecule has 0 radical (unpaired) electrons. The first-order valence-electron chi connectivity index (χ1n) is 10.8. The monoisotopic (exact) mass is 473 g/mol. The molecule has 0 saturated heterocycles. The maximum atomic E-state index is 13.0. The molecule has 0 aliphatic carbocycles. The van der Waals surface area contributed by atoms with E-state index in [0.29, 0.717) is 28.7 Å². The van der Waals surface area contributed by atoms with Crippen molar-refractivity contribution in [3.8, 4) is 11.1 Å². The van der Waals surface area contributed by atoms with Crippen LogP contribution in [0, 0.1) is 0 Å². The maximum absolute atomic E-state index is 13.0. The molecule has 1 aliphatic heterocycles. The zero-order valence-electron chi connectivity index (χ0n) is 17.8. The van der Waals surface area contributed by atoms with Crippen LogP contribution >= 0.6 is 23.2 Å². The van der Waals surface area contributed by atoms with E-state index in [0.717, 1.165) is 40.8 Å². The van der Waals surface area contributed by atoms with Crippen LogP contribution in [0.4, 0.5) is 0 Å². The van der Waals surface area contributed by atoms with E-state index in [-0.39, 0.29) is 5.91 Å². The topological polar surface area (TPSA) is 46.1 Å². The number of aromatic nitrogens is 2. The average Bonchev–Trinajstić information content (AvgIpc) is 3.15. The van der Waals surface area contributed by atoms with Gasteiger partial charge < -0.3 is 4.90 Å². The minimum Gasteiger partial charge on any atom is -0.330 e. The highest BCUT2D eigenvalue weighted by atomic mass is 35.5. The molecule has 4 aromatic rings. The number of carbonyl (C=O) groups is 1. The van der Waals surface area contributed by atoms with Crippen molar-refractivity contribution in [3.05, 3.63) is 117 Å². The van der Waals surface area contributed by atoms with Gasteiger partial charge in [-0.05, 0) is 71.5 Å². The standard InChI is InChI=1S/C27H21Cl2N3O/c28-23-7-3-19(4-8-23)16-32-17-22-12-21(13-25(29)26(22)27(32)33)20-6-10-24(31-15-20)9-5-18-2-1-11-30-14-18/h1-4,6-8,10-15H,5,9,16-17H2. The lowest BCUT2D eigenvalue weighted by Crippen LogP contribution is -2.23. The van der Waals surface area contributed by atoms with Crippen LogP contribution in [0.5, 0.6) is 0 Å². The van der Waals surface area contributed by atoms with Crippen molar-refractivity contribution in [1.82, 2.24) is 14.9 Å². The number of carbonyl (C=O) groups excluding carboxylic acids is 1. The van der Waals surface area contributed by atoms with Gasteiger partial charge in [-0.25, -0.2) is 0 Å². The highest BCUT2D eigenvalue weighted by Crippen LogP contribution is 2.35. The molecule has 0 spiro atoms. The van der Waals surface area contributed by atoms with Crippen molar-refractivity contribution >= 4 is 29.1 Å². The van der Waals surface area contributed by atoms with Crippen LogP contribution < -0.4 is 0 Å². The number of hydrogen-bond donors (Lipinski definition) is 0. The number of hydrogen-bond acceptors (Lipinski definition) is 3. The van der Waals surface area contributed by atoms with E-state index in [2.05, 4.69) is 22.1 Å². The number of pyridine rings is 2. The van der Waals surface area contributed by atoms with Crippen LogP contribution in [0.15, 0.2) is 79.3 Å². The lowest BCUT2D eigenvalue weighted by atomic mass is 10.0. The average molecular weight is 474 g/mol. The number of halogens is 2. The Bertz CT molecular complexity index is 1290. The highest BCUT2D eigenvalue weighted by molar-refractivity contribution is 6.34. The summed E-state index contributed by atoms with van der Waals surface area (Å²) in [6.07, 6.45) is 7.29. The lowest BCUT2D eigenvalue weighted by Gasteiger charge is -2.15. The number of amides is 1. The molecule has 0 saturated carbocycles. The van der Waals surface area contributed by atoms with E-state index in [1.165, 1.54) is 5.56 Å². The van der Waals surface area contributed by atoms with E-state index in [4.69, 9.17) is 23.2 Å². The predicted octanol–water partition coefficient (Wildman–Crippen LogP) is 6.39. The van der Waals surface area contributed by atoms with E-state index >= 15 is 0 Å². The molecule has 0 unspecified atom stereocenters. The quantitative estimate of drug-likeness (QED) is 0.325. The second kappa shape index (κ2) is 9.34. The molecule has 6 heteroatoms. The molecule has 0 fully saturated rings. The summed E-state index contributed by atoms with van der Waals surface area (Å²) in [5, 5.41) is 1.16. The zero-order chi connectivity index (χ0) is 22.8. The van der Waals surface area contributed by atoms with Gasteiger partial charge >= 0.3 is 0 Å². The largest absolute Gasteiger partial charge is 0.330 e. The van der Waals surface area contributed by atoms with Gasteiger partial charge in [-0.15, -0.1) is 0 Å². The molecule has 0 bridgehead atoms. The summed E-state index contributed by atoms with van der Waals surface area (Å²) < 4.78 is 0. The molecule has 2 aromatic heterocycles. The van der Waals surface area contributed by atoms with Gasteiger partial charge in [0.2, 0.25) is 0 Å². The Hall–Kier alpha value is -3.21. The Morgan fingerprint density at radius 3 is 2.45 bits per heavy atom. The van der Waals surface area contributed by atoms with E-state index in [9.17, 15) is 4.79 Å². The third-order valence-corrected chi connectivity index (χ3v) is 6.42. The summed E-state index contributed by atoms with van der Waals surface area (Å²) in [5.41, 5.74) is 6.73. The SMILES string of the molecule is O=C1c2c(Cl)cc(-c3ccc(CCc4cccnc4)nc3)cc2CN1Cc1ccc(Cl)cc1. The third-order valence-electron chi connectivity index (χ3n) is 5.87. The summed E-state index contributed by atoms with van der Waals surface area (Å²) in [7, 11) is 0. The molecule has 4 nitrogen and oxygen atoms in total. The molecule has 3 heterocycles. The van der Waals surface area contributed by atoms with Crippen LogP contribution in [0.1, 0.15) is 32.7 Å². The summed E-state index contributed by atoms with van der Waals surface area (Å²) in [4.78, 5) is 23.6. The maximum Gasteiger partial charge on any atom is 0.256 e. The van der Waals surface area contributed by atoms with Crippen LogP contribution in [0.25, 0.3) is 11.1 Å². The summed E-state index contributed by atoms with van der Waals surface area (Å²) >= 11 is 12.5. The first kappa shape index (κ1) is 21.6. The van der Waals surface area contributed by atoms with Crippen molar-refractivity contribution in [2.75, 3.05) is 0 Å². The Labute approximate surface area is 202 Å². The van der Waals surface area contributed by atoms with Gasteiger partial charge in [-0.2, -0.15) is 0 Å². The zero-order valence-corrected chi connectivity index (χ0v) is 19.4. The number of aryl methyl sites for hydroxylation is 2. The molecular formula is C27H21Cl2N3O. The normalized spacial score (nSPS) is 12.8. The summed E-state index contributed by atoms with van der Waals surface area (Å²) in [6.45, 7) is 1.05. The van der Waals surface area contributed by atoms with Gasteiger partial charge in [-0.1, -0.05) is 47.5 Å². The summed E-state index contributed by atoms with van der Waals surface area (Å²) in [5.74, 6) is -0.0413. The Morgan fingerprint density at radius 1 is 0.879 bits per heavy atom. The lowest BCUT2D eigenvalue weighted by molar-refractivity contribution is 0.0767. The second-order valence-electron chi connectivity index (χ2n) is 8.18. The van der Waals surface area contributed by atoms with Crippen molar-refractivity contribution in [2.45, 2.75) is 25.9 Å². The van der Waals surface area contributed by atoms with Crippen molar-refractivity contribution in [1.29, 1.82) is 0 Å². The molecule has 1 aliphatic rings. The molecule has 1 amide bonds. The molecular weight excluding hydrogens is 453 g/mol. The Kier molecular flexibility index (Phi) is 6.12. The molecule has 0 atom stereocenters. The van der Waals surface area contributed by atoms with Crippen LogP contribution in [-0.4, -0.2) is 20.8 Å². The first-order chi connectivity index (χ1) is 16.1. The summed E-state index contributed by atoms with van der Waals surface area (Å²) in [6, 6.07) is 19.6. The number of fused-ring (bicyclic) bond motifs is 1. The first-order valence-corrected chi connectivity index (χ1v) is 11.5. The van der Waals surface area contributed by atoms with Crippen molar-refractivity contribution < 1.29 is 4.79 Å². The molecule has 164 valence electrons. The van der Waals surface area contributed by atoms with E-state index in [1.54, 1.807) is 6.20 Å². The fourth-order valence-electron chi connectivity index (χ4n) is 4.13. The van der Waals surface area contributed by atoms with Crippen LogP contribution in [0.2, 0.25) is 10.0 Å². The molecule has 5 rings (SSSR count). The second-order valence-corrected chi connectivity index (χ2v) is 9.02. The fraction of sp³-hybridized carbons (Fsp3) is 0.148. The van der Waals surface area contributed by atoms with E-state index in [1.807, 2.05) is 65.8 Å². The minimum absolute atomic E-state index is 0.0413. The van der Waals surface area contributed by atoms with Crippen molar-refractivity contribution in [3.63, 3.8) is 0 Å². The van der Waals surface area contributed by atoms with Gasteiger partial charge in [0.1, 0.15) is 0 Å². The molecule has 33 heavy (non-hydrogen) atoms. The number of nitrogens with zero attached hydrogens (tertiary/aromatic N) is 3. The van der Waals surface area contributed by atoms with Crippen molar-refractivity contribution in [2.24, 2.45) is 0 Å². The Morgan fingerprint density at radius 2 is 1.73 bits per heavy atom. The van der Waals surface area contributed by atoms with Gasteiger partial charge in [0.15, 0.2) is 0 Å². The Balaban J connectivity index is 1.31. The highest BCUT2D eigenvalue weighted by Gasteiger charge is 2.30. The van der Waals surface area contributed by atoms with Gasteiger partial charge in [-0.3, -0.25) is 14.8 Å². The fourth-order valence-corrected chi connectivity index (χ4v) is 4.58. The predicted molar refractivity (Wildman–Crippen MR) is 131 cm³/mol.